The second-order valence-electron chi connectivity index (χ2n) is 10.9. The maximum atomic E-state index is 14.3. The SMILES string of the molecule is C[C@]12/C=C\CCCOC(=O)[C@H]1[C@H]1C(=O)N(CCCCO)C3C(=O)N(C4CCCCC4)CC=C[C@@]31S2. The number of ether oxygens (including phenoxy) is 1. The van der Waals surface area contributed by atoms with Crippen LogP contribution in [-0.4, -0.2) is 80.6 Å². The Balaban J connectivity index is 1.58. The molecule has 1 saturated carbocycles. The van der Waals surface area contributed by atoms with Crippen molar-refractivity contribution >= 4 is 29.5 Å². The molecule has 0 bridgehead atoms. The van der Waals surface area contributed by atoms with Gasteiger partial charge in [0.2, 0.25) is 11.8 Å². The average molecular weight is 503 g/mol. The van der Waals surface area contributed by atoms with Crippen molar-refractivity contribution in [2.24, 2.45) is 11.8 Å². The van der Waals surface area contributed by atoms with E-state index in [1.807, 2.05) is 11.8 Å². The van der Waals surface area contributed by atoms with Gasteiger partial charge in [-0.3, -0.25) is 14.4 Å². The molecule has 1 N–H and O–H groups in total. The van der Waals surface area contributed by atoms with Crippen LogP contribution in [0.15, 0.2) is 24.3 Å². The molecular formula is C27H38N2O5S. The lowest BCUT2D eigenvalue weighted by atomic mass is 9.74. The normalized spacial score (nSPS) is 38.7. The monoisotopic (exact) mass is 502 g/mol. The number of nitrogens with zero attached hydrogens (tertiary/aromatic N) is 2. The Hall–Kier alpha value is -1.80. The van der Waals surface area contributed by atoms with Gasteiger partial charge >= 0.3 is 5.97 Å². The van der Waals surface area contributed by atoms with E-state index in [4.69, 9.17) is 4.74 Å². The van der Waals surface area contributed by atoms with E-state index in [1.54, 1.807) is 16.7 Å². The molecule has 8 heteroatoms. The van der Waals surface area contributed by atoms with Gasteiger partial charge < -0.3 is 19.6 Å². The number of esters is 1. The van der Waals surface area contributed by atoms with Gasteiger partial charge in [0.15, 0.2) is 0 Å². The van der Waals surface area contributed by atoms with Crippen LogP contribution in [0.3, 0.4) is 0 Å². The molecule has 2 amide bonds. The summed E-state index contributed by atoms with van der Waals surface area (Å²) in [7, 11) is 0. The van der Waals surface area contributed by atoms with E-state index in [2.05, 4.69) is 24.3 Å². The number of aliphatic hydroxyl groups is 1. The number of carbonyl (C=O) groups is 3. The van der Waals surface area contributed by atoms with Crippen molar-refractivity contribution < 1.29 is 24.2 Å². The lowest BCUT2D eigenvalue weighted by molar-refractivity contribution is -0.154. The van der Waals surface area contributed by atoms with Crippen LogP contribution in [0, 0.1) is 11.8 Å². The summed E-state index contributed by atoms with van der Waals surface area (Å²) < 4.78 is 4.24. The molecule has 2 saturated heterocycles. The Labute approximate surface area is 212 Å². The van der Waals surface area contributed by atoms with E-state index in [9.17, 15) is 19.5 Å². The predicted octanol–water partition coefficient (Wildman–Crippen LogP) is 3.07. The summed E-state index contributed by atoms with van der Waals surface area (Å²) in [6.07, 6.45) is 16.6. The fourth-order valence-electron chi connectivity index (χ4n) is 7.01. The highest BCUT2D eigenvalue weighted by Gasteiger charge is 2.73. The van der Waals surface area contributed by atoms with Crippen LogP contribution in [0.5, 0.6) is 0 Å². The van der Waals surface area contributed by atoms with Crippen molar-refractivity contribution in [2.75, 3.05) is 26.3 Å². The van der Waals surface area contributed by atoms with Gasteiger partial charge in [0.1, 0.15) is 6.04 Å². The van der Waals surface area contributed by atoms with Crippen molar-refractivity contribution in [1.82, 2.24) is 9.80 Å². The summed E-state index contributed by atoms with van der Waals surface area (Å²) in [6, 6.07) is -0.439. The van der Waals surface area contributed by atoms with E-state index in [0.29, 0.717) is 32.5 Å². The van der Waals surface area contributed by atoms with E-state index in [-0.39, 0.29) is 30.4 Å². The Morgan fingerprint density at radius 3 is 2.60 bits per heavy atom. The molecule has 7 nitrogen and oxygen atoms in total. The standard InChI is InChI=1S/C27H38N2O5S/c1-26-13-6-3-9-18-34-25(33)21(26)20-23(31)29(15-7-8-17-30)22-24(32)28(19-11-4-2-5-12-19)16-10-14-27(20,22)35-26/h6,10,13-14,19-22,30H,2-5,7-9,11-12,15-18H2,1H3/b13-6-/t20-,21+,22?,26-,27-/m0/s1. The molecule has 0 aromatic carbocycles. The number of hydrogen-bond donors (Lipinski definition) is 1. The molecule has 0 radical (unpaired) electrons. The molecule has 0 aromatic rings. The lowest BCUT2D eigenvalue weighted by Crippen LogP contribution is -2.55. The molecule has 4 heterocycles. The van der Waals surface area contributed by atoms with Gasteiger partial charge in [-0.05, 0) is 45.4 Å². The predicted molar refractivity (Wildman–Crippen MR) is 135 cm³/mol. The third-order valence-electron chi connectivity index (χ3n) is 8.60. The summed E-state index contributed by atoms with van der Waals surface area (Å²) in [5.74, 6) is -1.72. The number of thioether (sulfide) groups is 1. The van der Waals surface area contributed by atoms with Crippen molar-refractivity contribution in [3.63, 3.8) is 0 Å². The number of unbranched alkanes of at least 4 members (excludes halogenated alkanes) is 1. The number of fused-ring (bicyclic) bond motifs is 2. The van der Waals surface area contributed by atoms with Crippen LogP contribution in [0.2, 0.25) is 0 Å². The summed E-state index contributed by atoms with van der Waals surface area (Å²) in [6.45, 7) is 3.39. The number of likely N-dealkylation sites (tertiary alicyclic amines) is 1. The molecular weight excluding hydrogens is 464 g/mol. The van der Waals surface area contributed by atoms with Crippen LogP contribution >= 0.6 is 11.8 Å². The number of rotatable bonds is 5. The average Bonchev–Trinajstić information content (AvgIpc) is 3.19. The second kappa shape index (κ2) is 9.92. The Bertz CT molecular complexity index is 915. The van der Waals surface area contributed by atoms with Crippen molar-refractivity contribution in [1.29, 1.82) is 0 Å². The Kier molecular flexibility index (Phi) is 7.05. The highest BCUT2D eigenvalue weighted by atomic mass is 32.2. The molecule has 3 fully saturated rings. The Morgan fingerprint density at radius 2 is 1.83 bits per heavy atom. The molecule has 0 aromatic heterocycles. The molecule has 35 heavy (non-hydrogen) atoms. The van der Waals surface area contributed by atoms with Gasteiger partial charge in [-0.2, -0.15) is 0 Å². The van der Waals surface area contributed by atoms with Crippen LogP contribution in [0.1, 0.15) is 64.7 Å². The zero-order valence-corrected chi connectivity index (χ0v) is 21.5. The molecule has 5 rings (SSSR count). The highest BCUT2D eigenvalue weighted by Crippen LogP contribution is 2.65. The molecule has 4 aliphatic heterocycles. The van der Waals surface area contributed by atoms with Gasteiger partial charge in [-0.25, -0.2) is 0 Å². The van der Waals surface area contributed by atoms with Crippen LogP contribution in [0.25, 0.3) is 0 Å². The zero-order chi connectivity index (χ0) is 24.6. The number of cyclic esters (lactones) is 1. The maximum Gasteiger partial charge on any atom is 0.311 e. The molecule has 5 aliphatic rings. The first-order valence-electron chi connectivity index (χ1n) is 13.4. The fourth-order valence-corrected chi connectivity index (χ4v) is 9.16. The minimum Gasteiger partial charge on any atom is -0.465 e. The van der Waals surface area contributed by atoms with Crippen LogP contribution in [0.4, 0.5) is 0 Å². The van der Waals surface area contributed by atoms with E-state index >= 15 is 0 Å². The third kappa shape index (κ3) is 4.14. The van der Waals surface area contributed by atoms with E-state index in [0.717, 1.165) is 38.5 Å². The van der Waals surface area contributed by atoms with Gasteiger partial charge in [0.05, 0.1) is 23.2 Å². The minimum absolute atomic E-state index is 0.0155. The van der Waals surface area contributed by atoms with Crippen LogP contribution in [-0.2, 0) is 19.1 Å². The van der Waals surface area contributed by atoms with Crippen LogP contribution < -0.4 is 0 Å². The van der Waals surface area contributed by atoms with Gasteiger partial charge in [-0.15, -0.1) is 11.8 Å². The number of aliphatic hydroxyl groups excluding tert-OH is 1. The minimum atomic E-state index is -0.807. The molecule has 1 spiro atoms. The highest BCUT2D eigenvalue weighted by molar-refractivity contribution is 8.02. The van der Waals surface area contributed by atoms with Gasteiger partial charge in [0.25, 0.3) is 0 Å². The summed E-state index contributed by atoms with van der Waals surface area (Å²) in [5.41, 5.74) is 0. The van der Waals surface area contributed by atoms with Crippen molar-refractivity contribution in [2.45, 2.75) is 86.3 Å². The van der Waals surface area contributed by atoms with E-state index < -0.39 is 27.4 Å². The van der Waals surface area contributed by atoms with E-state index in [1.165, 1.54) is 6.42 Å². The number of allylic oxidation sites excluding steroid dienone is 1. The largest absolute Gasteiger partial charge is 0.465 e. The molecule has 1 aliphatic carbocycles. The maximum absolute atomic E-state index is 14.3. The first-order valence-corrected chi connectivity index (χ1v) is 14.2. The van der Waals surface area contributed by atoms with Gasteiger partial charge in [0, 0.05) is 30.5 Å². The van der Waals surface area contributed by atoms with Gasteiger partial charge in [-0.1, -0.05) is 43.6 Å². The van der Waals surface area contributed by atoms with Crippen molar-refractivity contribution in [3.05, 3.63) is 24.3 Å². The number of carbonyl (C=O) groups excluding carboxylic acids is 3. The molecule has 5 atom stereocenters. The molecule has 192 valence electrons. The second-order valence-corrected chi connectivity index (χ2v) is 12.6. The van der Waals surface area contributed by atoms with Crippen molar-refractivity contribution in [3.8, 4) is 0 Å². The fraction of sp³-hybridized carbons (Fsp3) is 0.741. The smallest absolute Gasteiger partial charge is 0.311 e. The quantitative estimate of drug-likeness (QED) is 0.353. The topological polar surface area (TPSA) is 87.1 Å². The Morgan fingerprint density at radius 1 is 1.03 bits per heavy atom. The first-order chi connectivity index (χ1) is 16.9. The summed E-state index contributed by atoms with van der Waals surface area (Å²) >= 11 is 1.61. The number of hydrogen-bond acceptors (Lipinski definition) is 6. The molecule has 1 unspecified atom stereocenters. The summed E-state index contributed by atoms with van der Waals surface area (Å²) in [5, 5.41) is 9.35. The first kappa shape index (κ1) is 24.9. The number of amides is 2. The lowest BCUT2D eigenvalue weighted by Gasteiger charge is -2.40. The zero-order valence-electron chi connectivity index (χ0n) is 20.7. The summed E-state index contributed by atoms with van der Waals surface area (Å²) in [4.78, 5) is 45.6. The third-order valence-corrected chi connectivity index (χ3v) is 10.4.